The van der Waals surface area contributed by atoms with Crippen LogP contribution in [0.15, 0.2) is 23.1 Å². The molecule has 0 fully saturated rings. The van der Waals surface area contributed by atoms with Crippen LogP contribution in [0.5, 0.6) is 0 Å². The molecule has 0 unspecified atom stereocenters. The largest absolute Gasteiger partial charge is 0.478 e. The molecule has 4 nitrogen and oxygen atoms in total. The summed E-state index contributed by atoms with van der Waals surface area (Å²) < 4.78 is 35.1. The first kappa shape index (κ1) is 14.0. The summed E-state index contributed by atoms with van der Waals surface area (Å²) in [5.41, 5.74) is -0.130. The lowest BCUT2D eigenvalue weighted by Gasteiger charge is -2.03. The maximum atomic E-state index is 13.4. The molecule has 0 saturated carbocycles. The van der Waals surface area contributed by atoms with Gasteiger partial charge in [0, 0.05) is 16.9 Å². The Morgan fingerprint density at radius 3 is 2.59 bits per heavy atom. The lowest BCUT2D eigenvalue weighted by atomic mass is 10.2. The van der Waals surface area contributed by atoms with Gasteiger partial charge in [-0.2, -0.15) is 0 Å². The smallest absolute Gasteiger partial charge is 0.335 e. The number of rotatable bonds is 5. The zero-order valence-electron chi connectivity index (χ0n) is 9.01. The summed E-state index contributed by atoms with van der Waals surface area (Å²) in [7, 11) is -3.07. The predicted octanol–water partition coefficient (Wildman–Crippen LogP) is 1.66. The molecule has 0 amide bonds. The fourth-order valence-electron chi connectivity index (χ4n) is 1.05. The minimum atomic E-state index is -3.07. The average molecular weight is 278 g/mol. The summed E-state index contributed by atoms with van der Waals surface area (Å²) >= 11 is 1.05. The Morgan fingerprint density at radius 1 is 1.47 bits per heavy atom. The quantitative estimate of drug-likeness (QED) is 0.829. The van der Waals surface area contributed by atoms with Gasteiger partial charge in [0.25, 0.3) is 0 Å². The molecule has 0 bridgehead atoms. The molecule has 0 heterocycles. The van der Waals surface area contributed by atoms with E-state index in [1.807, 2.05) is 0 Å². The number of carbonyl (C=O) groups is 1. The SMILES string of the molecule is CS(=O)(=O)CCSc1ccc(C(=O)O)cc1F. The van der Waals surface area contributed by atoms with Gasteiger partial charge in [-0.25, -0.2) is 17.6 Å². The van der Waals surface area contributed by atoms with Gasteiger partial charge in [0.05, 0.1) is 11.3 Å². The van der Waals surface area contributed by atoms with Crippen LogP contribution in [0.25, 0.3) is 0 Å². The van der Waals surface area contributed by atoms with E-state index >= 15 is 0 Å². The lowest BCUT2D eigenvalue weighted by molar-refractivity contribution is 0.0696. The third-order valence-corrected chi connectivity index (χ3v) is 4.14. The molecule has 0 atom stereocenters. The van der Waals surface area contributed by atoms with Crippen molar-refractivity contribution in [3.8, 4) is 0 Å². The van der Waals surface area contributed by atoms with Crippen LogP contribution in [-0.2, 0) is 9.84 Å². The summed E-state index contributed by atoms with van der Waals surface area (Å²) in [5, 5.41) is 8.63. The second-order valence-corrected chi connectivity index (χ2v) is 6.83. The fraction of sp³-hybridized carbons (Fsp3) is 0.300. The zero-order chi connectivity index (χ0) is 13.1. The lowest BCUT2D eigenvalue weighted by Crippen LogP contribution is -2.05. The van der Waals surface area contributed by atoms with E-state index in [9.17, 15) is 17.6 Å². The number of halogens is 1. The normalized spacial score (nSPS) is 11.4. The molecule has 0 radical (unpaired) electrons. The summed E-state index contributed by atoms with van der Waals surface area (Å²) in [6, 6.07) is 3.55. The summed E-state index contributed by atoms with van der Waals surface area (Å²) in [5.74, 6) is -1.65. The first-order valence-electron chi connectivity index (χ1n) is 4.63. The van der Waals surface area contributed by atoms with E-state index < -0.39 is 21.6 Å². The standard InChI is InChI=1S/C10H11FO4S2/c1-17(14,15)5-4-16-9-3-2-7(10(12)13)6-8(9)11/h2-3,6H,4-5H2,1H3,(H,12,13). The molecule has 0 aliphatic carbocycles. The highest BCUT2D eigenvalue weighted by molar-refractivity contribution is 8.00. The maximum Gasteiger partial charge on any atom is 0.335 e. The van der Waals surface area contributed by atoms with Gasteiger partial charge in [0.1, 0.15) is 15.7 Å². The van der Waals surface area contributed by atoms with Crippen molar-refractivity contribution in [3.63, 3.8) is 0 Å². The van der Waals surface area contributed by atoms with Gasteiger partial charge in [0.15, 0.2) is 0 Å². The van der Waals surface area contributed by atoms with Crippen LogP contribution in [0, 0.1) is 5.82 Å². The van der Waals surface area contributed by atoms with Crippen LogP contribution < -0.4 is 0 Å². The van der Waals surface area contributed by atoms with Gasteiger partial charge in [-0.3, -0.25) is 0 Å². The van der Waals surface area contributed by atoms with Crippen molar-refractivity contribution in [1.82, 2.24) is 0 Å². The Morgan fingerprint density at radius 2 is 2.12 bits per heavy atom. The summed E-state index contributed by atoms with van der Waals surface area (Å²) in [4.78, 5) is 10.8. The molecule has 0 spiro atoms. The van der Waals surface area contributed by atoms with E-state index in [0.717, 1.165) is 24.1 Å². The number of aromatic carboxylic acids is 1. The molecule has 94 valence electrons. The Hall–Kier alpha value is -1.08. The minimum absolute atomic E-state index is 0.0439. The van der Waals surface area contributed by atoms with Gasteiger partial charge in [-0.15, -0.1) is 11.8 Å². The Bertz CT molecular complexity index is 525. The molecule has 1 aromatic rings. The summed E-state index contributed by atoms with van der Waals surface area (Å²) in [6.07, 6.45) is 1.11. The fourth-order valence-corrected chi connectivity index (χ4v) is 3.18. The molecule has 1 aromatic carbocycles. The zero-order valence-corrected chi connectivity index (χ0v) is 10.6. The highest BCUT2D eigenvalue weighted by Crippen LogP contribution is 2.22. The van der Waals surface area contributed by atoms with Crippen LogP contribution >= 0.6 is 11.8 Å². The van der Waals surface area contributed by atoms with Crippen molar-refractivity contribution in [2.75, 3.05) is 17.8 Å². The molecule has 0 aliphatic rings. The second kappa shape index (κ2) is 5.50. The predicted molar refractivity (Wildman–Crippen MR) is 63.8 cm³/mol. The topological polar surface area (TPSA) is 71.4 Å². The number of thioether (sulfide) groups is 1. The van der Waals surface area contributed by atoms with Gasteiger partial charge >= 0.3 is 5.97 Å². The van der Waals surface area contributed by atoms with Gasteiger partial charge in [-0.1, -0.05) is 0 Å². The van der Waals surface area contributed by atoms with Crippen molar-refractivity contribution in [3.05, 3.63) is 29.6 Å². The second-order valence-electron chi connectivity index (χ2n) is 3.43. The first-order valence-corrected chi connectivity index (χ1v) is 7.67. The van der Waals surface area contributed by atoms with Gasteiger partial charge in [0.2, 0.25) is 0 Å². The number of sulfone groups is 1. The third kappa shape index (κ3) is 4.74. The first-order chi connectivity index (χ1) is 7.79. The van der Waals surface area contributed by atoms with E-state index in [0.29, 0.717) is 0 Å². The molecular formula is C10H11FO4S2. The van der Waals surface area contributed by atoms with E-state index in [-0.39, 0.29) is 22.0 Å². The van der Waals surface area contributed by atoms with Crippen LogP contribution in [0.2, 0.25) is 0 Å². The molecule has 0 saturated heterocycles. The number of carboxylic acid groups (broad SMARTS) is 1. The van der Waals surface area contributed by atoms with Crippen LogP contribution in [0.1, 0.15) is 10.4 Å². The van der Waals surface area contributed by atoms with Crippen molar-refractivity contribution in [2.45, 2.75) is 4.90 Å². The Balaban J connectivity index is 2.70. The third-order valence-electron chi connectivity index (χ3n) is 1.89. The monoisotopic (exact) mass is 278 g/mol. The van der Waals surface area contributed by atoms with E-state index in [2.05, 4.69) is 0 Å². The highest BCUT2D eigenvalue weighted by atomic mass is 32.2. The maximum absolute atomic E-state index is 13.4. The number of hydrogen-bond acceptors (Lipinski definition) is 4. The Kier molecular flexibility index (Phi) is 4.53. The van der Waals surface area contributed by atoms with Crippen molar-refractivity contribution in [1.29, 1.82) is 0 Å². The molecule has 1 N–H and O–H groups in total. The molecule has 17 heavy (non-hydrogen) atoms. The molecular weight excluding hydrogens is 267 g/mol. The molecule has 0 aliphatic heterocycles. The van der Waals surface area contributed by atoms with Gasteiger partial charge < -0.3 is 5.11 Å². The molecule has 0 aromatic heterocycles. The highest BCUT2D eigenvalue weighted by Gasteiger charge is 2.09. The number of benzene rings is 1. The average Bonchev–Trinajstić information content (AvgIpc) is 2.18. The Labute approximate surface area is 103 Å². The van der Waals surface area contributed by atoms with Crippen LogP contribution in [0.3, 0.4) is 0 Å². The van der Waals surface area contributed by atoms with Gasteiger partial charge in [-0.05, 0) is 18.2 Å². The number of hydrogen-bond donors (Lipinski definition) is 1. The van der Waals surface area contributed by atoms with E-state index in [1.165, 1.54) is 12.1 Å². The van der Waals surface area contributed by atoms with E-state index in [4.69, 9.17) is 5.11 Å². The molecule has 7 heteroatoms. The minimum Gasteiger partial charge on any atom is -0.478 e. The van der Waals surface area contributed by atoms with Crippen molar-refractivity contribution in [2.24, 2.45) is 0 Å². The van der Waals surface area contributed by atoms with Crippen LogP contribution in [0.4, 0.5) is 4.39 Å². The summed E-state index contributed by atoms with van der Waals surface area (Å²) in [6.45, 7) is 0. The van der Waals surface area contributed by atoms with Crippen LogP contribution in [-0.4, -0.2) is 37.3 Å². The number of carboxylic acids is 1. The van der Waals surface area contributed by atoms with Crippen molar-refractivity contribution < 1.29 is 22.7 Å². The van der Waals surface area contributed by atoms with Crippen molar-refractivity contribution >= 4 is 27.6 Å². The van der Waals surface area contributed by atoms with E-state index in [1.54, 1.807) is 0 Å². The molecule has 1 rings (SSSR count).